The molecule has 0 aromatic heterocycles. The fourth-order valence-electron chi connectivity index (χ4n) is 3.66. The summed E-state index contributed by atoms with van der Waals surface area (Å²) in [6.07, 6.45) is 1.60. The molecule has 2 N–H and O–H groups in total. The second-order valence-electron chi connectivity index (χ2n) is 8.29. The second kappa shape index (κ2) is 10.8. The largest absolute Gasteiger partial charge is 0.490 e. The molecule has 0 saturated carbocycles. The molecule has 0 atom stereocenters. The number of hydrogen-bond donors (Lipinski definition) is 2. The van der Waals surface area contributed by atoms with Crippen LogP contribution in [-0.2, 0) is 17.9 Å². The smallest absolute Gasteiger partial charge is 0.335 e. The molecule has 3 aromatic carbocycles. The van der Waals surface area contributed by atoms with E-state index in [1.54, 1.807) is 36.4 Å². The zero-order chi connectivity index (χ0) is 25.7. The molecule has 0 unspecified atom stereocenters. The number of carbonyl (C=O) groups excluding carboxylic acids is 2. The highest BCUT2D eigenvalue weighted by molar-refractivity contribution is 6.13. The van der Waals surface area contributed by atoms with Gasteiger partial charge in [-0.3, -0.25) is 9.69 Å². The van der Waals surface area contributed by atoms with Gasteiger partial charge in [-0.1, -0.05) is 48.0 Å². The number of aromatic carboxylic acids is 1. The summed E-state index contributed by atoms with van der Waals surface area (Å²) in [6.45, 7) is 4.65. The molecule has 0 bridgehead atoms. The number of imide groups is 1. The van der Waals surface area contributed by atoms with Gasteiger partial charge in [-0.25, -0.2) is 9.59 Å². The predicted molar refractivity (Wildman–Crippen MR) is 134 cm³/mol. The van der Waals surface area contributed by atoms with Gasteiger partial charge in [-0.05, 0) is 60.9 Å². The first-order valence-electron chi connectivity index (χ1n) is 11.5. The molecule has 3 amide bonds. The molecule has 0 aliphatic carbocycles. The number of carboxylic acid groups (broad SMARTS) is 1. The average Bonchev–Trinajstić information content (AvgIpc) is 3.12. The molecular weight excluding hydrogens is 460 g/mol. The zero-order valence-electron chi connectivity index (χ0n) is 20.0. The standard InChI is InChI=1S/C28H26N2O6/c1-3-35-25-15-21(10-13-24(25)36-17-20-8-11-22(12-9-20)27(32)33)14-23-26(31)30(28(34)29-23)16-19-6-4-18(2)5-7-19/h4-15H,3,16-17H2,1-2H3,(H,29,34)(H,32,33)/b23-14+. The summed E-state index contributed by atoms with van der Waals surface area (Å²) in [5.41, 5.74) is 3.83. The lowest BCUT2D eigenvalue weighted by Gasteiger charge is -2.13. The Labute approximate surface area is 208 Å². The van der Waals surface area contributed by atoms with Crippen LogP contribution in [0.1, 0.15) is 39.5 Å². The van der Waals surface area contributed by atoms with Crippen LogP contribution >= 0.6 is 0 Å². The molecule has 184 valence electrons. The maximum Gasteiger partial charge on any atom is 0.335 e. The van der Waals surface area contributed by atoms with Crippen molar-refractivity contribution in [2.75, 3.05) is 6.61 Å². The molecule has 8 heteroatoms. The van der Waals surface area contributed by atoms with E-state index < -0.39 is 17.9 Å². The van der Waals surface area contributed by atoms with Gasteiger partial charge >= 0.3 is 12.0 Å². The zero-order valence-corrected chi connectivity index (χ0v) is 20.0. The van der Waals surface area contributed by atoms with Crippen molar-refractivity contribution >= 4 is 24.0 Å². The monoisotopic (exact) mass is 486 g/mol. The molecule has 4 rings (SSSR count). The summed E-state index contributed by atoms with van der Waals surface area (Å²) < 4.78 is 11.6. The Morgan fingerprint density at radius 3 is 2.31 bits per heavy atom. The molecular formula is C28H26N2O6. The minimum absolute atomic E-state index is 0.182. The van der Waals surface area contributed by atoms with E-state index in [1.807, 2.05) is 38.1 Å². The Balaban J connectivity index is 1.48. The number of nitrogens with one attached hydrogen (secondary N) is 1. The SMILES string of the molecule is CCOc1cc(/C=C2/NC(=O)N(Cc3ccc(C)cc3)C2=O)ccc1OCc1ccc(C(=O)O)cc1. The normalized spacial score (nSPS) is 14.2. The van der Waals surface area contributed by atoms with E-state index >= 15 is 0 Å². The van der Waals surface area contributed by atoms with Crippen LogP contribution in [0.4, 0.5) is 4.79 Å². The van der Waals surface area contributed by atoms with Crippen LogP contribution in [0, 0.1) is 6.92 Å². The van der Waals surface area contributed by atoms with Crippen molar-refractivity contribution in [3.63, 3.8) is 0 Å². The minimum atomic E-state index is -0.985. The predicted octanol–water partition coefficient (Wildman–Crippen LogP) is 4.76. The van der Waals surface area contributed by atoms with E-state index in [-0.39, 0.29) is 24.4 Å². The number of urea groups is 1. The average molecular weight is 487 g/mol. The number of nitrogens with zero attached hydrogens (tertiary/aromatic N) is 1. The maximum atomic E-state index is 12.9. The number of hydrogen-bond acceptors (Lipinski definition) is 5. The maximum absolute atomic E-state index is 12.9. The van der Waals surface area contributed by atoms with Gasteiger partial charge in [0, 0.05) is 0 Å². The van der Waals surface area contributed by atoms with E-state index in [2.05, 4.69) is 5.32 Å². The highest BCUT2D eigenvalue weighted by Gasteiger charge is 2.33. The summed E-state index contributed by atoms with van der Waals surface area (Å²) in [4.78, 5) is 37.5. The van der Waals surface area contributed by atoms with Crippen molar-refractivity contribution in [3.8, 4) is 11.5 Å². The first kappa shape index (κ1) is 24.5. The first-order chi connectivity index (χ1) is 17.3. The van der Waals surface area contributed by atoms with Crippen molar-refractivity contribution < 1.29 is 29.0 Å². The molecule has 1 aliphatic rings. The lowest BCUT2D eigenvalue weighted by atomic mass is 10.1. The van der Waals surface area contributed by atoms with Gasteiger partial charge in [0.25, 0.3) is 5.91 Å². The van der Waals surface area contributed by atoms with Crippen LogP contribution in [0.5, 0.6) is 11.5 Å². The molecule has 0 spiro atoms. The Morgan fingerprint density at radius 2 is 1.64 bits per heavy atom. The van der Waals surface area contributed by atoms with Gasteiger partial charge in [0.2, 0.25) is 0 Å². The molecule has 1 heterocycles. The molecule has 1 fully saturated rings. The first-order valence-corrected chi connectivity index (χ1v) is 11.5. The second-order valence-corrected chi connectivity index (χ2v) is 8.29. The van der Waals surface area contributed by atoms with E-state index in [0.717, 1.165) is 16.7 Å². The molecule has 0 radical (unpaired) electrons. The van der Waals surface area contributed by atoms with Gasteiger partial charge in [0.05, 0.1) is 18.7 Å². The van der Waals surface area contributed by atoms with E-state index in [4.69, 9.17) is 14.6 Å². The highest BCUT2D eigenvalue weighted by atomic mass is 16.5. The molecule has 36 heavy (non-hydrogen) atoms. The van der Waals surface area contributed by atoms with Gasteiger partial charge in [0.1, 0.15) is 12.3 Å². The van der Waals surface area contributed by atoms with E-state index in [0.29, 0.717) is 23.7 Å². The van der Waals surface area contributed by atoms with Gasteiger partial charge in [-0.15, -0.1) is 0 Å². The third-order valence-electron chi connectivity index (χ3n) is 5.60. The molecule has 1 saturated heterocycles. The number of rotatable bonds is 9. The minimum Gasteiger partial charge on any atom is -0.490 e. The Bertz CT molecular complexity index is 1310. The van der Waals surface area contributed by atoms with E-state index in [1.165, 1.54) is 17.0 Å². The Kier molecular flexibility index (Phi) is 7.34. The van der Waals surface area contributed by atoms with Crippen LogP contribution in [0.2, 0.25) is 0 Å². The highest BCUT2D eigenvalue weighted by Crippen LogP contribution is 2.30. The quantitative estimate of drug-likeness (QED) is 0.334. The molecule has 8 nitrogen and oxygen atoms in total. The summed E-state index contributed by atoms with van der Waals surface area (Å²) in [5, 5.41) is 11.7. The molecule has 3 aromatic rings. The van der Waals surface area contributed by atoms with Gasteiger partial charge < -0.3 is 19.9 Å². The van der Waals surface area contributed by atoms with Crippen LogP contribution in [-0.4, -0.2) is 34.5 Å². The number of amides is 3. The van der Waals surface area contributed by atoms with Gasteiger partial charge in [0.15, 0.2) is 11.5 Å². The summed E-state index contributed by atoms with van der Waals surface area (Å²) >= 11 is 0. The lowest BCUT2D eigenvalue weighted by molar-refractivity contribution is -0.123. The number of benzene rings is 3. The van der Waals surface area contributed by atoms with Gasteiger partial charge in [-0.2, -0.15) is 0 Å². The molecule has 1 aliphatic heterocycles. The van der Waals surface area contributed by atoms with Crippen molar-refractivity contribution in [1.82, 2.24) is 10.2 Å². The Hall–Kier alpha value is -4.59. The summed E-state index contributed by atoms with van der Waals surface area (Å²) in [7, 11) is 0. The lowest BCUT2D eigenvalue weighted by Crippen LogP contribution is -2.30. The van der Waals surface area contributed by atoms with Crippen LogP contribution < -0.4 is 14.8 Å². The van der Waals surface area contributed by atoms with Crippen LogP contribution in [0.25, 0.3) is 6.08 Å². The van der Waals surface area contributed by atoms with E-state index in [9.17, 15) is 14.4 Å². The number of aryl methyl sites for hydroxylation is 1. The number of ether oxygens (including phenoxy) is 2. The Morgan fingerprint density at radius 1 is 0.944 bits per heavy atom. The topological polar surface area (TPSA) is 105 Å². The van der Waals surface area contributed by atoms with Crippen molar-refractivity contribution in [1.29, 1.82) is 0 Å². The van der Waals surface area contributed by atoms with Crippen molar-refractivity contribution in [3.05, 3.63) is 100 Å². The van der Waals surface area contributed by atoms with Crippen LogP contribution in [0.3, 0.4) is 0 Å². The summed E-state index contributed by atoms with van der Waals surface area (Å²) in [6, 6.07) is 18.9. The number of carboxylic acids is 1. The van der Waals surface area contributed by atoms with Crippen molar-refractivity contribution in [2.24, 2.45) is 0 Å². The van der Waals surface area contributed by atoms with Crippen LogP contribution in [0.15, 0.2) is 72.4 Å². The van der Waals surface area contributed by atoms with Crippen molar-refractivity contribution in [2.45, 2.75) is 27.0 Å². The third kappa shape index (κ3) is 5.72. The fraction of sp³-hybridized carbons (Fsp3) is 0.179. The summed E-state index contributed by atoms with van der Waals surface area (Å²) in [5.74, 6) is -0.393. The fourth-order valence-corrected chi connectivity index (χ4v) is 3.66. The third-order valence-corrected chi connectivity index (χ3v) is 5.60. The number of carbonyl (C=O) groups is 3.